The second-order valence-corrected chi connectivity index (χ2v) is 11.1. The van der Waals surface area contributed by atoms with E-state index in [1.54, 1.807) is 14.5 Å². The van der Waals surface area contributed by atoms with E-state index >= 15 is 4.39 Å². The number of carbonyl (C=O) groups is 3. The van der Waals surface area contributed by atoms with E-state index in [1.165, 1.54) is 24.3 Å². The van der Waals surface area contributed by atoms with Gasteiger partial charge in [-0.1, -0.05) is 24.2 Å². The number of pyridine rings is 1. The molecule has 244 valence electrons. The van der Waals surface area contributed by atoms with Crippen molar-refractivity contribution >= 4 is 35.2 Å². The van der Waals surface area contributed by atoms with Crippen LogP contribution in [0.4, 0.5) is 23.4 Å². The molecule has 3 aliphatic rings. The molecule has 2 amide bonds. The second kappa shape index (κ2) is 12.2. The molecular weight excluding hydrogens is 640 g/mol. The monoisotopic (exact) mass is 666 g/mol. The summed E-state index contributed by atoms with van der Waals surface area (Å²) in [6.45, 7) is 6.88. The number of carboxylic acids is 1. The van der Waals surface area contributed by atoms with Crippen LogP contribution in [0.5, 0.6) is 11.5 Å². The maximum atomic E-state index is 15.0. The summed E-state index contributed by atoms with van der Waals surface area (Å²) in [6.07, 6.45) is -1.93. The summed E-state index contributed by atoms with van der Waals surface area (Å²) in [6, 6.07) is 3.24. The molecule has 1 fully saturated rings. The van der Waals surface area contributed by atoms with E-state index in [-0.39, 0.29) is 76.7 Å². The summed E-state index contributed by atoms with van der Waals surface area (Å²) in [5.41, 5.74) is 1.76. The molecule has 12 nitrogen and oxygen atoms in total. The van der Waals surface area contributed by atoms with Gasteiger partial charge in [0.05, 0.1) is 23.3 Å². The number of fused-ring (bicyclic) bond motifs is 3. The van der Waals surface area contributed by atoms with Gasteiger partial charge in [0.1, 0.15) is 40.3 Å². The van der Waals surface area contributed by atoms with Crippen LogP contribution in [0.3, 0.4) is 0 Å². The number of benzene rings is 1. The van der Waals surface area contributed by atoms with E-state index in [1.807, 2.05) is 25.1 Å². The number of nitrogens with zero attached hydrogens (tertiary/aromatic N) is 6. The number of carbonyl (C=O) groups excluding carboxylic acids is 2. The minimum atomic E-state index is -5.08. The number of ether oxygens (including phenoxy) is 1. The van der Waals surface area contributed by atoms with Crippen LogP contribution in [0.25, 0.3) is 11.3 Å². The molecule has 3 aromatic rings. The Hall–Kier alpha value is -4.86. The zero-order chi connectivity index (χ0) is 33.7. The first-order valence-corrected chi connectivity index (χ1v) is 14.2. The minimum Gasteiger partial charge on any atom is -0.507 e. The molecule has 2 aromatic heterocycles. The van der Waals surface area contributed by atoms with Gasteiger partial charge >= 0.3 is 12.1 Å². The van der Waals surface area contributed by atoms with Crippen molar-refractivity contribution in [1.29, 1.82) is 0 Å². The fourth-order valence-corrected chi connectivity index (χ4v) is 5.94. The predicted molar refractivity (Wildman–Crippen MR) is 155 cm³/mol. The van der Waals surface area contributed by atoms with Gasteiger partial charge in [-0.2, -0.15) is 18.3 Å². The highest BCUT2D eigenvalue weighted by Gasteiger charge is 2.43. The number of amides is 2. The number of halogens is 5. The average Bonchev–Trinajstić information content (AvgIpc) is 3.46. The molecule has 1 saturated heterocycles. The Balaban J connectivity index is 0.000000537. The SMILES string of the molecule is C=CC(=O)N1CCN2C(=O)c3c(N4Cc5cn(C)nc5[C@@H]4C)nc(-c4c(O)cccc4F)c(Cl)c3OC[C@H]2C1.O=C(O)C(F)(F)F. The summed E-state index contributed by atoms with van der Waals surface area (Å²) in [7, 11) is 1.84. The molecule has 0 saturated carbocycles. The molecule has 0 aliphatic carbocycles. The van der Waals surface area contributed by atoms with Crippen LogP contribution in [0.1, 0.15) is 34.6 Å². The number of aryl methyl sites for hydroxylation is 1. The van der Waals surface area contributed by atoms with E-state index in [4.69, 9.17) is 31.2 Å². The molecule has 2 N–H and O–H groups in total. The third kappa shape index (κ3) is 5.79. The van der Waals surface area contributed by atoms with Crippen LogP contribution in [0, 0.1) is 5.82 Å². The van der Waals surface area contributed by atoms with Crippen LogP contribution in [0.2, 0.25) is 5.02 Å². The van der Waals surface area contributed by atoms with Crippen molar-refractivity contribution in [3.05, 3.63) is 64.7 Å². The lowest BCUT2D eigenvalue weighted by atomic mass is 10.0. The lowest BCUT2D eigenvalue weighted by molar-refractivity contribution is -0.192. The standard InChI is InChI=1S/C27H26ClFN6O4.C2HF3O2/c1-4-19(37)33-8-9-34-16(12-33)13-39-25-21(27(34)38)26(35-11-15-10-32(3)31-23(15)14(35)2)30-24(22(25)28)20-17(29)6-5-7-18(20)36;3-2(4,5)1(6)7/h4-7,10,14,16,36H,1,8-9,11-13H2,2-3H3;(H,6,7)/t14-,16+;/m0./s1. The number of phenolic OH excluding ortho intramolecular Hbond substituents is 1. The molecule has 5 heterocycles. The summed E-state index contributed by atoms with van der Waals surface area (Å²) < 4.78 is 54.7. The van der Waals surface area contributed by atoms with Crippen LogP contribution in [0.15, 0.2) is 37.1 Å². The zero-order valence-corrected chi connectivity index (χ0v) is 25.1. The average molecular weight is 667 g/mol. The van der Waals surface area contributed by atoms with Crippen LogP contribution >= 0.6 is 11.6 Å². The maximum Gasteiger partial charge on any atom is 0.490 e. The highest BCUT2D eigenvalue weighted by Crippen LogP contribution is 2.48. The summed E-state index contributed by atoms with van der Waals surface area (Å²) in [4.78, 5) is 45.3. The third-order valence-corrected chi connectivity index (χ3v) is 8.17. The number of aliphatic carboxylic acids is 1. The van der Waals surface area contributed by atoms with Gasteiger partial charge in [0, 0.05) is 45.0 Å². The Labute approximate surface area is 264 Å². The van der Waals surface area contributed by atoms with Gasteiger partial charge in [0.15, 0.2) is 5.75 Å². The van der Waals surface area contributed by atoms with Crippen molar-refractivity contribution in [2.45, 2.75) is 31.7 Å². The van der Waals surface area contributed by atoms with Gasteiger partial charge in [-0.3, -0.25) is 14.3 Å². The first kappa shape index (κ1) is 32.5. The number of hydrogen-bond donors (Lipinski definition) is 2. The lowest BCUT2D eigenvalue weighted by Gasteiger charge is -2.39. The first-order chi connectivity index (χ1) is 21.6. The fraction of sp³-hybridized carbons (Fsp3) is 0.345. The zero-order valence-electron chi connectivity index (χ0n) is 24.4. The quantitative estimate of drug-likeness (QED) is 0.314. The highest BCUT2D eigenvalue weighted by atomic mass is 35.5. The smallest absolute Gasteiger partial charge is 0.490 e. The van der Waals surface area contributed by atoms with Gasteiger partial charge < -0.3 is 29.6 Å². The number of phenols is 1. The molecule has 0 radical (unpaired) electrons. The summed E-state index contributed by atoms with van der Waals surface area (Å²) >= 11 is 6.80. The molecule has 3 aliphatic heterocycles. The number of alkyl halides is 3. The molecule has 6 rings (SSSR count). The number of rotatable bonds is 3. The maximum absolute atomic E-state index is 15.0. The molecule has 0 bridgehead atoms. The molecular formula is C29H27ClF4N6O6. The fourth-order valence-electron chi connectivity index (χ4n) is 5.65. The Morgan fingerprint density at radius 2 is 1.89 bits per heavy atom. The van der Waals surface area contributed by atoms with E-state index in [2.05, 4.69) is 11.7 Å². The molecule has 0 unspecified atom stereocenters. The van der Waals surface area contributed by atoms with Crippen LogP contribution in [-0.2, 0) is 23.2 Å². The Morgan fingerprint density at radius 3 is 2.50 bits per heavy atom. The summed E-state index contributed by atoms with van der Waals surface area (Å²) in [5.74, 6) is -4.06. The molecule has 46 heavy (non-hydrogen) atoms. The number of aromatic hydroxyl groups is 1. The lowest BCUT2D eigenvalue weighted by Crippen LogP contribution is -2.57. The van der Waals surface area contributed by atoms with Crippen molar-refractivity contribution in [2.75, 3.05) is 31.1 Å². The normalized spacial score (nSPS) is 18.8. The van der Waals surface area contributed by atoms with Gasteiger partial charge in [-0.25, -0.2) is 14.2 Å². The van der Waals surface area contributed by atoms with Crippen molar-refractivity contribution in [1.82, 2.24) is 24.6 Å². The molecule has 1 aromatic carbocycles. The summed E-state index contributed by atoms with van der Waals surface area (Å²) in [5, 5.41) is 22.2. The van der Waals surface area contributed by atoms with Crippen molar-refractivity contribution in [3.8, 4) is 22.8 Å². The molecule has 17 heteroatoms. The van der Waals surface area contributed by atoms with Crippen molar-refractivity contribution in [3.63, 3.8) is 0 Å². The van der Waals surface area contributed by atoms with E-state index < -0.39 is 24.0 Å². The van der Waals surface area contributed by atoms with Crippen LogP contribution < -0.4 is 9.64 Å². The number of hydrogen-bond acceptors (Lipinski definition) is 8. The largest absolute Gasteiger partial charge is 0.507 e. The highest BCUT2D eigenvalue weighted by molar-refractivity contribution is 6.35. The second-order valence-electron chi connectivity index (χ2n) is 10.7. The third-order valence-electron chi connectivity index (χ3n) is 7.82. The number of aromatic nitrogens is 3. The number of anilines is 1. The van der Waals surface area contributed by atoms with Gasteiger partial charge in [0.25, 0.3) is 5.91 Å². The molecule has 2 atom stereocenters. The van der Waals surface area contributed by atoms with E-state index in [9.17, 15) is 27.9 Å². The van der Waals surface area contributed by atoms with Crippen molar-refractivity contribution in [2.24, 2.45) is 7.05 Å². The predicted octanol–water partition coefficient (Wildman–Crippen LogP) is 3.93. The van der Waals surface area contributed by atoms with E-state index in [0.29, 0.717) is 13.1 Å². The van der Waals surface area contributed by atoms with Gasteiger partial charge in [-0.15, -0.1) is 0 Å². The number of piperazine rings is 1. The van der Waals surface area contributed by atoms with Crippen LogP contribution in [-0.4, -0.2) is 91.0 Å². The topological polar surface area (TPSA) is 141 Å². The Morgan fingerprint density at radius 1 is 1.20 bits per heavy atom. The first-order valence-electron chi connectivity index (χ1n) is 13.8. The van der Waals surface area contributed by atoms with E-state index in [0.717, 1.165) is 11.3 Å². The minimum absolute atomic E-state index is 0.0329. The van der Waals surface area contributed by atoms with Gasteiger partial charge in [0.2, 0.25) is 5.91 Å². The van der Waals surface area contributed by atoms with Crippen molar-refractivity contribution < 1.29 is 46.9 Å². The van der Waals surface area contributed by atoms with Gasteiger partial charge in [-0.05, 0) is 25.1 Å². The Bertz CT molecular complexity index is 1730. The number of carboxylic acid groups (broad SMARTS) is 1. The Kier molecular flexibility index (Phi) is 8.59. The molecule has 0 spiro atoms.